The summed E-state index contributed by atoms with van der Waals surface area (Å²) >= 11 is 0. The normalized spacial score (nSPS) is 10.2. The van der Waals surface area contributed by atoms with Gasteiger partial charge in [0.15, 0.2) is 11.5 Å². The number of nitrogens with one attached hydrogen (secondary N) is 1. The first-order valence-electron chi connectivity index (χ1n) is 4.87. The zero-order chi connectivity index (χ0) is 12.3. The van der Waals surface area contributed by atoms with Crippen molar-refractivity contribution < 1.29 is 4.79 Å². The number of nitrogens with two attached hydrogens (primary N) is 1. The lowest BCUT2D eigenvalue weighted by Gasteiger charge is -2.04. The minimum absolute atomic E-state index is 0.134. The molecule has 3 N–H and O–H groups in total. The number of anilines is 1. The summed E-state index contributed by atoms with van der Waals surface area (Å²) in [7, 11) is 1.85. The van der Waals surface area contributed by atoms with E-state index in [1.807, 2.05) is 7.05 Å². The van der Waals surface area contributed by atoms with Crippen molar-refractivity contribution in [3.05, 3.63) is 30.0 Å². The van der Waals surface area contributed by atoms with E-state index >= 15 is 0 Å². The molecule has 1 amide bonds. The highest BCUT2D eigenvalue weighted by molar-refractivity contribution is 5.90. The summed E-state index contributed by atoms with van der Waals surface area (Å²) in [6.07, 6.45) is 1.61. The molecule has 2 aromatic heterocycles. The first-order valence-corrected chi connectivity index (χ1v) is 4.87. The largest absolute Gasteiger partial charge is 0.364 e. The van der Waals surface area contributed by atoms with Gasteiger partial charge in [0.2, 0.25) is 0 Å². The predicted octanol–water partition coefficient (Wildman–Crippen LogP) is -0.684. The summed E-state index contributed by atoms with van der Waals surface area (Å²) in [6, 6.07) is 3.14. The summed E-state index contributed by atoms with van der Waals surface area (Å²) in [5, 5.41) is 18.1. The molecular weight excluding hydrogens is 222 g/mol. The number of primary amides is 1. The summed E-state index contributed by atoms with van der Waals surface area (Å²) in [4.78, 5) is 10.8. The second-order valence-corrected chi connectivity index (χ2v) is 3.38. The number of hydrogen-bond donors (Lipinski definition) is 2. The highest BCUT2D eigenvalue weighted by Crippen LogP contribution is 2.03. The maximum absolute atomic E-state index is 10.8. The second-order valence-electron chi connectivity index (χ2n) is 3.38. The van der Waals surface area contributed by atoms with E-state index < -0.39 is 5.91 Å². The quantitative estimate of drug-likeness (QED) is 0.723. The van der Waals surface area contributed by atoms with E-state index in [1.54, 1.807) is 17.0 Å². The number of nitrogens with zero attached hydrogens (tertiary/aromatic N) is 5. The van der Waals surface area contributed by atoms with E-state index in [4.69, 9.17) is 5.73 Å². The number of carbonyl (C=O) groups excluding carboxylic acids is 1. The van der Waals surface area contributed by atoms with Gasteiger partial charge in [-0.25, -0.2) is 0 Å². The van der Waals surface area contributed by atoms with Crippen LogP contribution in [0.3, 0.4) is 0 Å². The van der Waals surface area contributed by atoms with Crippen molar-refractivity contribution in [2.45, 2.75) is 6.54 Å². The number of aryl methyl sites for hydroxylation is 1. The first-order chi connectivity index (χ1) is 8.16. The van der Waals surface area contributed by atoms with Crippen LogP contribution in [0.2, 0.25) is 0 Å². The Hall–Kier alpha value is -2.51. The molecule has 2 rings (SSSR count). The number of carbonyl (C=O) groups is 1. The van der Waals surface area contributed by atoms with Crippen molar-refractivity contribution in [1.82, 2.24) is 25.0 Å². The van der Waals surface area contributed by atoms with E-state index in [-0.39, 0.29) is 5.69 Å². The van der Waals surface area contributed by atoms with Crippen LogP contribution in [-0.2, 0) is 13.6 Å². The molecule has 0 fully saturated rings. The lowest BCUT2D eigenvalue weighted by Crippen LogP contribution is -2.14. The monoisotopic (exact) mass is 233 g/mol. The van der Waals surface area contributed by atoms with E-state index in [0.717, 1.165) is 5.82 Å². The Labute approximate surface area is 96.9 Å². The lowest BCUT2D eigenvalue weighted by atomic mass is 10.4. The third-order valence-corrected chi connectivity index (χ3v) is 2.15. The fourth-order valence-electron chi connectivity index (χ4n) is 1.19. The summed E-state index contributed by atoms with van der Waals surface area (Å²) in [6.45, 7) is 0.473. The molecule has 0 aliphatic rings. The molecule has 88 valence electrons. The van der Waals surface area contributed by atoms with Crippen molar-refractivity contribution in [3.8, 4) is 0 Å². The third-order valence-electron chi connectivity index (χ3n) is 2.15. The summed E-state index contributed by atoms with van der Waals surface area (Å²) in [5.41, 5.74) is 5.18. The average Bonchev–Trinajstić information content (AvgIpc) is 2.73. The van der Waals surface area contributed by atoms with Crippen LogP contribution in [0, 0.1) is 0 Å². The second kappa shape index (κ2) is 4.56. The molecule has 0 aliphatic heterocycles. The number of rotatable bonds is 4. The van der Waals surface area contributed by atoms with Crippen molar-refractivity contribution in [2.75, 3.05) is 5.32 Å². The molecule has 0 aromatic carbocycles. The Bertz CT molecular complexity index is 518. The van der Waals surface area contributed by atoms with Crippen LogP contribution < -0.4 is 11.1 Å². The standard InChI is InChI=1S/C9H11N7O/c1-16-5-12-15-8(16)4-11-7-3-2-6(9(10)17)13-14-7/h2-3,5H,4H2,1H3,(H2,10,17)(H,11,14). The van der Waals surface area contributed by atoms with Gasteiger partial charge in [-0.15, -0.1) is 20.4 Å². The Morgan fingerprint density at radius 2 is 2.24 bits per heavy atom. The van der Waals surface area contributed by atoms with Crippen LogP contribution in [0.4, 0.5) is 5.82 Å². The van der Waals surface area contributed by atoms with Gasteiger partial charge in [-0.2, -0.15) is 0 Å². The minimum atomic E-state index is -0.600. The Morgan fingerprint density at radius 1 is 1.41 bits per heavy atom. The molecular formula is C9H11N7O. The summed E-state index contributed by atoms with van der Waals surface area (Å²) < 4.78 is 1.79. The fraction of sp³-hybridized carbons (Fsp3) is 0.222. The smallest absolute Gasteiger partial charge is 0.269 e. The zero-order valence-electron chi connectivity index (χ0n) is 9.16. The van der Waals surface area contributed by atoms with Gasteiger partial charge in [-0.05, 0) is 12.1 Å². The van der Waals surface area contributed by atoms with Crippen LogP contribution in [-0.4, -0.2) is 30.9 Å². The highest BCUT2D eigenvalue weighted by atomic mass is 16.1. The maximum atomic E-state index is 10.8. The lowest BCUT2D eigenvalue weighted by molar-refractivity contribution is 0.0994. The van der Waals surface area contributed by atoms with Gasteiger partial charge in [0.1, 0.15) is 12.1 Å². The zero-order valence-corrected chi connectivity index (χ0v) is 9.16. The van der Waals surface area contributed by atoms with Gasteiger partial charge in [0, 0.05) is 7.05 Å². The Kier molecular flexibility index (Phi) is 2.95. The maximum Gasteiger partial charge on any atom is 0.269 e. The van der Waals surface area contributed by atoms with Gasteiger partial charge >= 0.3 is 0 Å². The van der Waals surface area contributed by atoms with Crippen LogP contribution in [0.5, 0.6) is 0 Å². The topological polar surface area (TPSA) is 112 Å². The molecule has 0 unspecified atom stereocenters. The van der Waals surface area contributed by atoms with Crippen LogP contribution >= 0.6 is 0 Å². The fourth-order valence-corrected chi connectivity index (χ4v) is 1.19. The number of amides is 1. The molecule has 8 heteroatoms. The molecule has 0 saturated heterocycles. The molecule has 0 spiro atoms. The third kappa shape index (κ3) is 2.54. The number of aromatic nitrogens is 5. The molecule has 0 saturated carbocycles. The highest BCUT2D eigenvalue weighted by Gasteiger charge is 2.04. The SMILES string of the molecule is Cn1cnnc1CNc1ccc(C(N)=O)nn1. The van der Waals surface area contributed by atoms with E-state index in [0.29, 0.717) is 12.4 Å². The first kappa shape index (κ1) is 11.0. The molecule has 2 heterocycles. The summed E-state index contributed by atoms with van der Waals surface area (Å²) in [5.74, 6) is 0.709. The van der Waals surface area contributed by atoms with Crippen molar-refractivity contribution in [1.29, 1.82) is 0 Å². The van der Waals surface area contributed by atoms with Gasteiger partial charge in [0.05, 0.1) is 6.54 Å². The molecule has 2 aromatic rings. The van der Waals surface area contributed by atoms with E-state index in [1.165, 1.54) is 6.07 Å². The Balaban J connectivity index is 2.00. The van der Waals surface area contributed by atoms with Crippen molar-refractivity contribution in [3.63, 3.8) is 0 Å². The predicted molar refractivity (Wildman–Crippen MR) is 58.9 cm³/mol. The van der Waals surface area contributed by atoms with Gasteiger partial charge in [-0.1, -0.05) is 0 Å². The molecule has 0 radical (unpaired) electrons. The molecule has 17 heavy (non-hydrogen) atoms. The molecule has 8 nitrogen and oxygen atoms in total. The van der Waals surface area contributed by atoms with Crippen molar-refractivity contribution >= 4 is 11.7 Å². The molecule has 0 aliphatic carbocycles. The van der Waals surface area contributed by atoms with E-state index in [2.05, 4.69) is 25.7 Å². The molecule has 0 bridgehead atoms. The van der Waals surface area contributed by atoms with Gasteiger partial charge in [0.25, 0.3) is 5.91 Å². The van der Waals surface area contributed by atoms with Crippen LogP contribution in [0.1, 0.15) is 16.3 Å². The van der Waals surface area contributed by atoms with Crippen LogP contribution in [0.15, 0.2) is 18.5 Å². The molecule has 0 atom stereocenters. The minimum Gasteiger partial charge on any atom is -0.364 e. The Morgan fingerprint density at radius 3 is 2.76 bits per heavy atom. The van der Waals surface area contributed by atoms with Crippen molar-refractivity contribution in [2.24, 2.45) is 12.8 Å². The van der Waals surface area contributed by atoms with Crippen LogP contribution in [0.25, 0.3) is 0 Å². The average molecular weight is 233 g/mol. The van der Waals surface area contributed by atoms with Gasteiger partial charge in [-0.3, -0.25) is 4.79 Å². The van der Waals surface area contributed by atoms with Gasteiger partial charge < -0.3 is 15.6 Å². The van der Waals surface area contributed by atoms with E-state index in [9.17, 15) is 4.79 Å². The number of hydrogen-bond acceptors (Lipinski definition) is 6.